The van der Waals surface area contributed by atoms with Crippen LogP contribution in [0.2, 0.25) is 5.02 Å². The minimum absolute atomic E-state index is 0.0362. The van der Waals surface area contributed by atoms with Crippen LogP contribution in [-0.4, -0.2) is 24.8 Å². The fraction of sp³-hybridized carbons (Fsp3) is 0.188. The summed E-state index contributed by atoms with van der Waals surface area (Å²) >= 11 is 5.63. The lowest BCUT2D eigenvalue weighted by molar-refractivity contribution is 0.174. The molecule has 23 heavy (non-hydrogen) atoms. The zero-order valence-electron chi connectivity index (χ0n) is 12.3. The molecule has 2 aromatic rings. The normalized spacial score (nSPS) is 11.7. The minimum atomic E-state index is -0.917. The first kappa shape index (κ1) is 17.1. The molecule has 0 aliphatic heterocycles. The Labute approximate surface area is 138 Å². The lowest BCUT2D eigenvalue weighted by Gasteiger charge is -2.14. The first-order valence-corrected chi connectivity index (χ1v) is 7.20. The van der Waals surface area contributed by atoms with Gasteiger partial charge in [-0.15, -0.1) is 0 Å². The molecular formula is C16H16ClFN2O3. The number of anilines is 1. The van der Waals surface area contributed by atoms with Crippen molar-refractivity contribution in [1.29, 1.82) is 0 Å². The van der Waals surface area contributed by atoms with E-state index in [1.165, 1.54) is 25.3 Å². The number of nitrogens with one attached hydrogen (secondary N) is 2. The van der Waals surface area contributed by atoms with E-state index in [0.29, 0.717) is 11.3 Å². The van der Waals surface area contributed by atoms with Crippen molar-refractivity contribution >= 4 is 23.3 Å². The van der Waals surface area contributed by atoms with Crippen molar-refractivity contribution in [1.82, 2.24) is 5.32 Å². The number of benzene rings is 2. The van der Waals surface area contributed by atoms with Crippen molar-refractivity contribution < 1.29 is 19.0 Å². The third kappa shape index (κ3) is 4.58. The number of halogens is 2. The highest BCUT2D eigenvalue weighted by Crippen LogP contribution is 2.22. The summed E-state index contributed by atoms with van der Waals surface area (Å²) in [6, 6.07) is 10.5. The maximum atomic E-state index is 13.7. The monoisotopic (exact) mass is 338 g/mol. The molecule has 7 heteroatoms. The van der Waals surface area contributed by atoms with Gasteiger partial charge in [-0.3, -0.25) is 0 Å². The number of methoxy groups -OCH3 is 1. The van der Waals surface area contributed by atoms with Crippen molar-refractivity contribution in [2.45, 2.75) is 6.10 Å². The van der Waals surface area contributed by atoms with Crippen molar-refractivity contribution in [2.75, 3.05) is 19.0 Å². The van der Waals surface area contributed by atoms with Gasteiger partial charge in [0.15, 0.2) is 5.82 Å². The summed E-state index contributed by atoms with van der Waals surface area (Å²) in [6.07, 6.45) is -0.917. The summed E-state index contributed by atoms with van der Waals surface area (Å²) < 4.78 is 18.7. The molecule has 0 saturated carbocycles. The second-order valence-corrected chi connectivity index (χ2v) is 5.14. The molecule has 0 heterocycles. The summed E-state index contributed by atoms with van der Waals surface area (Å²) in [6.45, 7) is -0.0405. The van der Waals surface area contributed by atoms with E-state index in [0.717, 1.165) is 0 Å². The minimum Gasteiger partial charge on any atom is -0.497 e. The molecule has 122 valence electrons. The predicted molar refractivity (Wildman–Crippen MR) is 86.4 cm³/mol. The number of aliphatic hydroxyl groups excluding tert-OH is 1. The number of carbonyl (C=O) groups is 1. The molecule has 0 radical (unpaired) electrons. The summed E-state index contributed by atoms with van der Waals surface area (Å²) in [5.41, 5.74) is 0.560. The summed E-state index contributed by atoms with van der Waals surface area (Å²) in [4.78, 5) is 11.8. The maximum absolute atomic E-state index is 13.7. The van der Waals surface area contributed by atoms with E-state index in [9.17, 15) is 14.3 Å². The van der Waals surface area contributed by atoms with Crippen molar-refractivity contribution in [3.8, 4) is 5.75 Å². The van der Waals surface area contributed by atoms with Crippen LogP contribution in [0.25, 0.3) is 0 Å². The number of carbonyl (C=O) groups excluding carboxylic acids is 1. The fourth-order valence-electron chi connectivity index (χ4n) is 1.92. The standard InChI is InChI=1S/C16H16ClFN2O3/c1-23-11-5-2-4-10(8-11)14(21)9-19-16(22)20-13-7-3-6-12(17)15(13)18/h2-8,14,21H,9H2,1H3,(H2,19,20,22). The number of hydrogen-bond donors (Lipinski definition) is 3. The summed E-state index contributed by atoms with van der Waals surface area (Å²) in [5, 5.41) is 14.8. The average Bonchev–Trinajstić information content (AvgIpc) is 2.57. The summed E-state index contributed by atoms with van der Waals surface area (Å²) in [7, 11) is 1.52. The highest BCUT2D eigenvalue weighted by atomic mass is 35.5. The molecule has 0 aliphatic carbocycles. The van der Waals surface area contributed by atoms with Crippen LogP contribution in [0.1, 0.15) is 11.7 Å². The second-order valence-electron chi connectivity index (χ2n) is 4.73. The van der Waals surface area contributed by atoms with Gasteiger partial charge in [-0.25, -0.2) is 9.18 Å². The number of rotatable bonds is 5. The van der Waals surface area contributed by atoms with Gasteiger partial charge in [0.1, 0.15) is 5.75 Å². The largest absolute Gasteiger partial charge is 0.497 e. The van der Waals surface area contributed by atoms with Gasteiger partial charge in [0.2, 0.25) is 0 Å². The lowest BCUT2D eigenvalue weighted by atomic mass is 10.1. The number of urea groups is 1. The van der Waals surface area contributed by atoms with E-state index in [2.05, 4.69) is 10.6 Å². The van der Waals surface area contributed by atoms with E-state index in [1.54, 1.807) is 24.3 Å². The molecular weight excluding hydrogens is 323 g/mol. The Morgan fingerprint density at radius 3 is 2.83 bits per heavy atom. The van der Waals surface area contributed by atoms with E-state index < -0.39 is 18.0 Å². The second kappa shape index (κ2) is 7.80. The molecule has 0 aliphatic rings. The van der Waals surface area contributed by atoms with Crippen molar-refractivity contribution in [3.63, 3.8) is 0 Å². The number of ether oxygens (including phenoxy) is 1. The van der Waals surface area contributed by atoms with Gasteiger partial charge < -0.3 is 20.5 Å². The topological polar surface area (TPSA) is 70.6 Å². The maximum Gasteiger partial charge on any atom is 0.319 e. The van der Waals surface area contributed by atoms with Gasteiger partial charge in [-0.2, -0.15) is 0 Å². The predicted octanol–water partition coefficient (Wildman–Crippen LogP) is 3.34. The first-order valence-electron chi connectivity index (χ1n) is 6.82. The average molecular weight is 339 g/mol. The van der Waals surface area contributed by atoms with Gasteiger partial charge in [0, 0.05) is 6.54 Å². The molecule has 0 saturated heterocycles. The van der Waals surface area contributed by atoms with Crippen LogP contribution in [0.5, 0.6) is 5.75 Å². The lowest BCUT2D eigenvalue weighted by Crippen LogP contribution is -2.32. The molecule has 1 unspecified atom stereocenters. The Balaban J connectivity index is 1.92. The van der Waals surface area contributed by atoms with E-state index in [-0.39, 0.29) is 17.3 Å². The third-order valence-electron chi connectivity index (χ3n) is 3.13. The molecule has 5 nitrogen and oxygen atoms in total. The van der Waals surface area contributed by atoms with Crippen LogP contribution < -0.4 is 15.4 Å². The van der Waals surface area contributed by atoms with Crippen molar-refractivity contribution in [3.05, 3.63) is 58.9 Å². The van der Waals surface area contributed by atoms with Gasteiger partial charge in [-0.05, 0) is 29.8 Å². The Morgan fingerprint density at radius 2 is 2.09 bits per heavy atom. The Kier molecular flexibility index (Phi) is 5.78. The highest BCUT2D eigenvalue weighted by Gasteiger charge is 2.12. The van der Waals surface area contributed by atoms with Crippen LogP contribution >= 0.6 is 11.6 Å². The number of amides is 2. The van der Waals surface area contributed by atoms with Crippen LogP contribution in [0.3, 0.4) is 0 Å². The zero-order valence-corrected chi connectivity index (χ0v) is 13.1. The Hall–Kier alpha value is -2.31. The Morgan fingerprint density at radius 1 is 1.35 bits per heavy atom. The van der Waals surface area contributed by atoms with Crippen LogP contribution in [0.15, 0.2) is 42.5 Å². The van der Waals surface area contributed by atoms with Crippen LogP contribution in [-0.2, 0) is 0 Å². The molecule has 2 aromatic carbocycles. The molecule has 0 spiro atoms. The van der Waals surface area contributed by atoms with E-state index >= 15 is 0 Å². The van der Waals surface area contributed by atoms with Crippen LogP contribution in [0, 0.1) is 5.82 Å². The number of aliphatic hydroxyl groups is 1. The molecule has 0 bridgehead atoms. The molecule has 3 N–H and O–H groups in total. The van der Waals surface area contributed by atoms with E-state index in [1.807, 2.05) is 0 Å². The molecule has 1 atom stereocenters. The quantitative estimate of drug-likeness (QED) is 0.783. The van der Waals surface area contributed by atoms with Crippen molar-refractivity contribution in [2.24, 2.45) is 0 Å². The SMILES string of the molecule is COc1cccc(C(O)CNC(=O)Nc2cccc(Cl)c2F)c1. The zero-order chi connectivity index (χ0) is 16.8. The third-order valence-corrected chi connectivity index (χ3v) is 3.43. The van der Waals surface area contributed by atoms with Gasteiger partial charge in [0.05, 0.1) is 23.9 Å². The molecule has 2 rings (SSSR count). The number of hydrogen-bond acceptors (Lipinski definition) is 3. The molecule has 0 fully saturated rings. The van der Waals surface area contributed by atoms with E-state index in [4.69, 9.17) is 16.3 Å². The fourth-order valence-corrected chi connectivity index (χ4v) is 2.10. The van der Waals surface area contributed by atoms with Gasteiger partial charge in [-0.1, -0.05) is 29.8 Å². The Bertz CT molecular complexity index is 697. The highest BCUT2D eigenvalue weighted by molar-refractivity contribution is 6.31. The van der Waals surface area contributed by atoms with Crippen LogP contribution in [0.4, 0.5) is 14.9 Å². The smallest absolute Gasteiger partial charge is 0.319 e. The van der Waals surface area contributed by atoms with Gasteiger partial charge in [0.25, 0.3) is 0 Å². The first-order chi connectivity index (χ1) is 11.0. The molecule has 2 amide bonds. The molecule has 0 aromatic heterocycles. The van der Waals surface area contributed by atoms with Gasteiger partial charge >= 0.3 is 6.03 Å². The summed E-state index contributed by atoms with van der Waals surface area (Å²) in [5.74, 6) is -0.107.